The third-order valence-corrected chi connectivity index (χ3v) is 3.41. The summed E-state index contributed by atoms with van der Waals surface area (Å²) in [6.07, 6.45) is 4.47. The second-order valence-corrected chi connectivity index (χ2v) is 4.88. The van der Waals surface area contributed by atoms with Crippen LogP contribution in [0.5, 0.6) is 0 Å². The van der Waals surface area contributed by atoms with Crippen molar-refractivity contribution in [1.82, 2.24) is 9.88 Å². The third kappa shape index (κ3) is 3.82. The van der Waals surface area contributed by atoms with E-state index in [1.807, 2.05) is 0 Å². The summed E-state index contributed by atoms with van der Waals surface area (Å²) in [5, 5.41) is 4.70. The van der Waals surface area contributed by atoms with Gasteiger partial charge in [-0.3, -0.25) is 0 Å². The van der Waals surface area contributed by atoms with Crippen molar-refractivity contribution in [2.24, 2.45) is 0 Å². The van der Waals surface area contributed by atoms with Gasteiger partial charge < -0.3 is 14.6 Å². The lowest BCUT2D eigenvalue weighted by molar-refractivity contribution is 0.191. The molecule has 0 spiro atoms. The molecule has 3 heteroatoms. The number of nitrogens with zero attached hydrogens (tertiary/aromatic N) is 1. The molecule has 2 aromatic rings. The molecule has 0 saturated carbocycles. The highest BCUT2D eigenvalue weighted by Gasteiger charge is 2.02. The van der Waals surface area contributed by atoms with Gasteiger partial charge in [0.25, 0.3) is 0 Å². The first kappa shape index (κ1) is 14.1. The number of methoxy groups -OCH3 is 1. The summed E-state index contributed by atoms with van der Waals surface area (Å²) in [4.78, 5) is 0. The predicted octanol–water partition coefficient (Wildman–Crippen LogP) is 3.18. The number of benzene rings is 1. The summed E-state index contributed by atoms with van der Waals surface area (Å²) in [6, 6.07) is 8.92. The maximum Gasteiger partial charge on any atom is 0.0483 e. The zero-order valence-corrected chi connectivity index (χ0v) is 12.0. The fraction of sp³-hybridized carbons (Fsp3) is 0.500. The van der Waals surface area contributed by atoms with Gasteiger partial charge in [0.2, 0.25) is 0 Å². The third-order valence-electron chi connectivity index (χ3n) is 3.41. The molecule has 0 aliphatic heterocycles. The van der Waals surface area contributed by atoms with E-state index in [-0.39, 0.29) is 0 Å². The largest absolute Gasteiger partial charge is 0.385 e. The van der Waals surface area contributed by atoms with Crippen molar-refractivity contribution in [3.8, 4) is 0 Å². The van der Waals surface area contributed by atoms with Crippen LogP contribution in [0.25, 0.3) is 10.9 Å². The van der Waals surface area contributed by atoms with Gasteiger partial charge in [0, 0.05) is 38.5 Å². The number of hydrogen-bond donors (Lipinski definition) is 1. The van der Waals surface area contributed by atoms with Gasteiger partial charge in [0.05, 0.1) is 0 Å². The molecule has 0 unspecified atom stereocenters. The van der Waals surface area contributed by atoms with Crippen molar-refractivity contribution >= 4 is 10.9 Å². The van der Waals surface area contributed by atoms with Crippen molar-refractivity contribution < 1.29 is 4.74 Å². The Labute approximate surface area is 115 Å². The molecule has 0 aliphatic rings. The van der Waals surface area contributed by atoms with E-state index < -0.39 is 0 Å². The van der Waals surface area contributed by atoms with Crippen LogP contribution in [0.1, 0.15) is 25.3 Å². The molecule has 0 radical (unpaired) electrons. The van der Waals surface area contributed by atoms with Crippen molar-refractivity contribution in [3.63, 3.8) is 0 Å². The SMILES string of the molecule is CCNCc1ccc2ccn(CCCCOC)c2c1. The Balaban J connectivity index is 2.06. The molecule has 1 aromatic carbocycles. The highest BCUT2D eigenvalue weighted by molar-refractivity contribution is 5.80. The number of nitrogens with one attached hydrogen (secondary N) is 1. The Kier molecular flexibility index (Phi) is 5.43. The summed E-state index contributed by atoms with van der Waals surface area (Å²) in [5.41, 5.74) is 2.69. The van der Waals surface area contributed by atoms with Crippen molar-refractivity contribution in [2.75, 3.05) is 20.3 Å². The number of hydrogen-bond acceptors (Lipinski definition) is 2. The van der Waals surface area contributed by atoms with Crippen LogP contribution in [-0.2, 0) is 17.8 Å². The monoisotopic (exact) mass is 260 g/mol. The van der Waals surface area contributed by atoms with Crippen LogP contribution in [0.15, 0.2) is 30.5 Å². The van der Waals surface area contributed by atoms with Crippen LogP contribution in [0.4, 0.5) is 0 Å². The summed E-state index contributed by atoms with van der Waals surface area (Å²) in [6.45, 7) is 6.01. The quantitative estimate of drug-likeness (QED) is 0.738. The number of unbranched alkanes of at least 4 members (excludes halogenated alkanes) is 1. The predicted molar refractivity (Wildman–Crippen MR) is 80.4 cm³/mol. The maximum absolute atomic E-state index is 5.09. The van der Waals surface area contributed by atoms with Gasteiger partial charge in [0.1, 0.15) is 0 Å². The lowest BCUT2D eigenvalue weighted by Gasteiger charge is -2.07. The molecule has 1 N–H and O–H groups in total. The molecule has 0 fully saturated rings. The molecule has 2 rings (SSSR count). The van der Waals surface area contributed by atoms with E-state index in [1.165, 1.54) is 16.5 Å². The van der Waals surface area contributed by atoms with Crippen LogP contribution in [0, 0.1) is 0 Å². The number of aryl methyl sites for hydroxylation is 1. The van der Waals surface area contributed by atoms with Crippen molar-refractivity contribution in [1.29, 1.82) is 0 Å². The van der Waals surface area contributed by atoms with Crippen LogP contribution < -0.4 is 5.32 Å². The number of rotatable bonds is 8. The summed E-state index contributed by atoms with van der Waals surface area (Å²) >= 11 is 0. The number of aromatic nitrogens is 1. The van der Waals surface area contributed by atoms with E-state index in [2.05, 4.69) is 47.3 Å². The van der Waals surface area contributed by atoms with E-state index in [0.29, 0.717) is 0 Å². The van der Waals surface area contributed by atoms with Gasteiger partial charge in [-0.25, -0.2) is 0 Å². The van der Waals surface area contributed by atoms with Gasteiger partial charge in [-0.2, -0.15) is 0 Å². The molecule has 0 aliphatic carbocycles. The molecular weight excluding hydrogens is 236 g/mol. The van der Waals surface area contributed by atoms with E-state index in [4.69, 9.17) is 4.74 Å². The minimum absolute atomic E-state index is 0.852. The fourth-order valence-electron chi connectivity index (χ4n) is 2.33. The summed E-state index contributed by atoms with van der Waals surface area (Å²) < 4.78 is 7.44. The van der Waals surface area contributed by atoms with Crippen molar-refractivity contribution in [3.05, 3.63) is 36.0 Å². The van der Waals surface area contributed by atoms with E-state index in [0.717, 1.165) is 39.1 Å². The zero-order valence-electron chi connectivity index (χ0n) is 12.0. The van der Waals surface area contributed by atoms with E-state index in [9.17, 15) is 0 Å². The normalized spacial score (nSPS) is 11.3. The minimum atomic E-state index is 0.852. The first-order valence-electron chi connectivity index (χ1n) is 7.12. The lowest BCUT2D eigenvalue weighted by atomic mass is 10.1. The molecule has 19 heavy (non-hydrogen) atoms. The fourth-order valence-corrected chi connectivity index (χ4v) is 2.33. The van der Waals surface area contributed by atoms with Gasteiger partial charge >= 0.3 is 0 Å². The zero-order chi connectivity index (χ0) is 13.5. The Morgan fingerprint density at radius 3 is 2.89 bits per heavy atom. The van der Waals surface area contributed by atoms with E-state index >= 15 is 0 Å². The Hall–Kier alpha value is -1.32. The molecule has 1 aromatic heterocycles. The second-order valence-electron chi connectivity index (χ2n) is 4.88. The Morgan fingerprint density at radius 1 is 1.21 bits per heavy atom. The van der Waals surface area contributed by atoms with Crippen LogP contribution >= 0.6 is 0 Å². The highest BCUT2D eigenvalue weighted by Crippen LogP contribution is 2.18. The number of ether oxygens (including phenoxy) is 1. The topological polar surface area (TPSA) is 26.2 Å². The molecule has 0 saturated heterocycles. The summed E-state index contributed by atoms with van der Waals surface area (Å²) in [5.74, 6) is 0. The minimum Gasteiger partial charge on any atom is -0.385 e. The van der Waals surface area contributed by atoms with Gasteiger partial charge in [-0.15, -0.1) is 0 Å². The molecule has 0 atom stereocenters. The van der Waals surface area contributed by atoms with Crippen LogP contribution in [-0.4, -0.2) is 24.8 Å². The van der Waals surface area contributed by atoms with Gasteiger partial charge in [-0.1, -0.05) is 19.1 Å². The maximum atomic E-state index is 5.09. The van der Waals surface area contributed by atoms with Gasteiger partial charge in [0.15, 0.2) is 0 Å². The van der Waals surface area contributed by atoms with Gasteiger partial charge in [-0.05, 0) is 42.5 Å². The van der Waals surface area contributed by atoms with Crippen LogP contribution in [0.2, 0.25) is 0 Å². The highest BCUT2D eigenvalue weighted by atomic mass is 16.5. The second kappa shape index (κ2) is 7.31. The molecule has 0 amide bonds. The van der Waals surface area contributed by atoms with Crippen LogP contribution in [0.3, 0.4) is 0 Å². The Bertz CT molecular complexity index is 504. The van der Waals surface area contributed by atoms with E-state index in [1.54, 1.807) is 7.11 Å². The average Bonchev–Trinajstić information content (AvgIpc) is 2.84. The van der Waals surface area contributed by atoms with Crippen molar-refractivity contribution in [2.45, 2.75) is 32.9 Å². The summed E-state index contributed by atoms with van der Waals surface area (Å²) in [7, 11) is 1.76. The lowest BCUT2D eigenvalue weighted by Crippen LogP contribution is -2.11. The first-order valence-corrected chi connectivity index (χ1v) is 7.12. The standard InChI is InChI=1S/C16H24N2O/c1-3-17-13-14-6-7-15-8-10-18(16(15)12-14)9-4-5-11-19-2/h6-8,10,12,17H,3-5,9,11,13H2,1-2H3. The average molecular weight is 260 g/mol. The molecule has 0 bridgehead atoms. The Morgan fingerprint density at radius 2 is 2.11 bits per heavy atom. The smallest absolute Gasteiger partial charge is 0.0483 e. The molecule has 1 heterocycles. The molecular formula is C16H24N2O. The number of fused-ring (bicyclic) bond motifs is 1. The first-order chi connectivity index (χ1) is 9.35. The molecule has 3 nitrogen and oxygen atoms in total. The molecule has 104 valence electrons.